The van der Waals surface area contributed by atoms with Crippen LogP contribution in [0.25, 0.3) is 6.08 Å². The molecule has 3 heteroatoms. The van der Waals surface area contributed by atoms with Crippen LogP contribution in [0.3, 0.4) is 0 Å². The van der Waals surface area contributed by atoms with Crippen LogP contribution in [0.2, 0.25) is 0 Å². The number of rotatable bonds is 5. The maximum absolute atomic E-state index is 11.7. The number of carbonyl (C=O) groups is 1. The Morgan fingerprint density at radius 1 is 1.41 bits per heavy atom. The molecule has 0 aliphatic heterocycles. The van der Waals surface area contributed by atoms with Gasteiger partial charge < -0.3 is 4.74 Å². The molecule has 0 spiro atoms. The van der Waals surface area contributed by atoms with Gasteiger partial charge in [0.05, 0.1) is 6.61 Å². The van der Waals surface area contributed by atoms with Crippen molar-refractivity contribution in [1.82, 2.24) is 0 Å². The SMILES string of the molecule is C=Cc1ccc(N(C)C(=O)OCCCC)cc1. The lowest BCUT2D eigenvalue weighted by molar-refractivity contribution is 0.153. The zero-order chi connectivity index (χ0) is 12.7. The smallest absolute Gasteiger partial charge is 0.414 e. The molecule has 0 unspecified atom stereocenters. The minimum Gasteiger partial charge on any atom is -0.449 e. The Labute approximate surface area is 103 Å². The highest BCUT2D eigenvalue weighted by atomic mass is 16.6. The summed E-state index contributed by atoms with van der Waals surface area (Å²) in [5, 5.41) is 0. The van der Waals surface area contributed by atoms with Gasteiger partial charge in [-0.2, -0.15) is 0 Å². The van der Waals surface area contributed by atoms with Crippen molar-refractivity contribution >= 4 is 17.9 Å². The van der Waals surface area contributed by atoms with Gasteiger partial charge in [0.2, 0.25) is 0 Å². The molecule has 0 N–H and O–H groups in total. The molecule has 0 saturated heterocycles. The second kappa shape index (κ2) is 6.74. The van der Waals surface area contributed by atoms with Crippen molar-refractivity contribution in [3.8, 4) is 0 Å². The third-order valence-corrected chi connectivity index (χ3v) is 2.51. The number of carbonyl (C=O) groups excluding carboxylic acids is 1. The Morgan fingerprint density at radius 3 is 2.59 bits per heavy atom. The molecule has 3 nitrogen and oxygen atoms in total. The van der Waals surface area contributed by atoms with Crippen LogP contribution < -0.4 is 4.90 Å². The summed E-state index contributed by atoms with van der Waals surface area (Å²) in [6.07, 6.45) is 3.37. The zero-order valence-electron chi connectivity index (χ0n) is 10.5. The molecular weight excluding hydrogens is 214 g/mol. The predicted octanol–water partition coefficient (Wildman–Crippen LogP) is 3.70. The van der Waals surface area contributed by atoms with Crippen molar-refractivity contribution in [3.05, 3.63) is 36.4 Å². The first kappa shape index (κ1) is 13.3. The van der Waals surface area contributed by atoms with Gasteiger partial charge in [-0.1, -0.05) is 38.1 Å². The van der Waals surface area contributed by atoms with Gasteiger partial charge in [-0.05, 0) is 24.1 Å². The molecule has 1 aromatic carbocycles. The number of unbranched alkanes of at least 4 members (excludes halogenated alkanes) is 1. The topological polar surface area (TPSA) is 29.5 Å². The highest BCUT2D eigenvalue weighted by Crippen LogP contribution is 2.15. The van der Waals surface area contributed by atoms with E-state index in [-0.39, 0.29) is 6.09 Å². The summed E-state index contributed by atoms with van der Waals surface area (Å²) in [6.45, 7) is 6.22. The standard InChI is InChI=1S/C14H19NO2/c1-4-6-11-17-14(16)15(3)13-9-7-12(5-2)8-10-13/h5,7-10H,2,4,6,11H2,1,3H3. The van der Waals surface area contributed by atoms with Crippen molar-refractivity contribution in [2.45, 2.75) is 19.8 Å². The van der Waals surface area contributed by atoms with E-state index in [1.54, 1.807) is 13.1 Å². The van der Waals surface area contributed by atoms with E-state index in [1.807, 2.05) is 24.3 Å². The minimum absolute atomic E-state index is 0.315. The highest BCUT2D eigenvalue weighted by Gasteiger charge is 2.11. The fourth-order valence-corrected chi connectivity index (χ4v) is 1.34. The van der Waals surface area contributed by atoms with Crippen molar-refractivity contribution in [2.24, 2.45) is 0 Å². The molecule has 0 aliphatic rings. The second-order valence-corrected chi connectivity index (χ2v) is 3.82. The molecule has 1 amide bonds. The van der Waals surface area contributed by atoms with Crippen molar-refractivity contribution in [3.63, 3.8) is 0 Å². The van der Waals surface area contributed by atoms with E-state index in [0.717, 1.165) is 24.1 Å². The summed E-state index contributed by atoms with van der Waals surface area (Å²) >= 11 is 0. The van der Waals surface area contributed by atoms with Crippen molar-refractivity contribution in [2.75, 3.05) is 18.6 Å². The molecule has 1 aromatic rings. The van der Waals surface area contributed by atoms with Gasteiger partial charge in [-0.15, -0.1) is 0 Å². The van der Waals surface area contributed by atoms with Gasteiger partial charge >= 0.3 is 6.09 Å². The first-order chi connectivity index (χ1) is 8.19. The first-order valence-corrected chi connectivity index (χ1v) is 5.82. The molecule has 0 heterocycles. The summed E-state index contributed by atoms with van der Waals surface area (Å²) in [5.41, 5.74) is 1.85. The van der Waals surface area contributed by atoms with E-state index in [4.69, 9.17) is 4.74 Å². The van der Waals surface area contributed by atoms with E-state index in [9.17, 15) is 4.79 Å². The lowest BCUT2D eigenvalue weighted by Crippen LogP contribution is -2.27. The fraction of sp³-hybridized carbons (Fsp3) is 0.357. The largest absolute Gasteiger partial charge is 0.449 e. The molecule has 0 aliphatic carbocycles. The van der Waals surface area contributed by atoms with Crippen LogP contribution >= 0.6 is 0 Å². The maximum atomic E-state index is 11.7. The number of nitrogens with zero attached hydrogens (tertiary/aromatic N) is 1. The molecule has 0 bridgehead atoms. The number of benzene rings is 1. The molecule has 0 saturated carbocycles. The number of ether oxygens (including phenoxy) is 1. The maximum Gasteiger partial charge on any atom is 0.414 e. The summed E-state index contributed by atoms with van der Waals surface area (Å²) in [4.78, 5) is 13.2. The van der Waals surface area contributed by atoms with Crippen LogP contribution in [-0.2, 0) is 4.74 Å². The van der Waals surface area contributed by atoms with E-state index >= 15 is 0 Å². The van der Waals surface area contributed by atoms with E-state index in [2.05, 4.69) is 13.5 Å². The van der Waals surface area contributed by atoms with Crippen LogP contribution in [0.1, 0.15) is 25.3 Å². The van der Waals surface area contributed by atoms with Crippen LogP contribution in [0.15, 0.2) is 30.8 Å². The minimum atomic E-state index is -0.315. The Hall–Kier alpha value is -1.77. The molecule has 0 atom stereocenters. The van der Waals surface area contributed by atoms with E-state index < -0.39 is 0 Å². The summed E-state index contributed by atoms with van der Waals surface area (Å²) in [7, 11) is 1.71. The molecule has 1 rings (SSSR count). The average Bonchev–Trinajstić information content (AvgIpc) is 2.38. The summed E-state index contributed by atoms with van der Waals surface area (Å²) < 4.78 is 5.12. The predicted molar refractivity (Wildman–Crippen MR) is 71.2 cm³/mol. The van der Waals surface area contributed by atoms with Crippen LogP contribution in [0.4, 0.5) is 10.5 Å². The third kappa shape index (κ3) is 3.94. The van der Waals surface area contributed by atoms with Crippen molar-refractivity contribution < 1.29 is 9.53 Å². The number of hydrogen-bond acceptors (Lipinski definition) is 2. The number of hydrogen-bond donors (Lipinski definition) is 0. The highest BCUT2D eigenvalue weighted by molar-refractivity contribution is 5.87. The Morgan fingerprint density at radius 2 is 2.06 bits per heavy atom. The quantitative estimate of drug-likeness (QED) is 0.726. The molecule has 0 radical (unpaired) electrons. The van der Waals surface area contributed by atoms with Gasteiger partial charge in [-0.25, -0.2) is 4.79 Å². The van der Waals surface area contributed by atoms with Crippen LogP contribution in [-0.4, -0.2) is 19.7 Å². The monoisotopic (exact) mass is 233 g/mol. The lowest BCUT2D eigenvalue weighted by atomic mass is 10.2. The first-order valence-electron chi connectivity index (χ1n) is 5.82. The van der Waals surface area contributed by atoms with Gasteiger partial charge in [0.25, 0.3) is 0 Å². The van der Waals surface area contributed by atoms with E-state index in [0.29, 0.717) is 6.61 Å². The fourth-order valence-electron chi connectivity index (χ4n) is 1.34. The lowest BCUT2D eigenvalue weighted by Gasteiger charge is -2.17. The van der Waals surface area contributed by atoms with Crippen LogP contribution in [0, 0.1) is 0 Å². The van der Waals surface area contributed by atoms with Gasteiger partial charge in [0, 0.05) is 12.7 Å². The van der Waals surface area contributed by atoms with Gasteiger partial charge in [-0.3, -0.25) is 4.90 Å². The Bertz CT molecular complexity index is 370. The zero-order valence-corrected chi connectivity index (χ0v) is 10.5. The molecular formula is C14H19NO2. The average molecular weight is 233 g/mol. The Kier molecular flexibility index (Phi) is 5.27. The normalized spacial score (nSPS) is 9.76. The Balaban J connectivity index is 2.58. The second-order valence-electron chi connectivity index (χ2n) is 3.82. The summed E-state index contributed by atoms with van der Waals surface area (Å²) in [6, 6.07) is 7.58. The van der Waals surface area contributed by atoms with Crippen LogP contribution in [0.5, 0.6) is 0 Å². The molecule has 0 aromatic heterocycles. The van der Waals surface area contributed by atoms with Gasteiger partial charge in [0.1, 0.15) is 0 Å². The van der Waals surface area contributed by atoms with Gasteiger partial charge in [0.15, 0.2) is 0 Å². The molecule has 92 valence electrons. The molecule has 0 fully saturated rings. The number of anilines is 1. The molecule has 17 heavy (non-hydrogen) atoms. The number of amides is 1. The van der Waals surface area contributed by atoms with E-state index in [1.165, 1.54) is 4.90 Å². The summed E-state index contributed by atoms with van der Waals surface area (Å²) in [5.74, 6) is 0. The third-order valence-electron chi connectivity index (χ3n) is 2.51. The van der Waals surface area contributed by atoms with Crippen molar-refractivity contribution in [1.29, 1.82) is 0 Å².